The number of aliphatic hydroxyl groups is 2. The molecule has 0 aromatic rings. The molecule has 1 amide bonds. The monoisotopic (exact) mass is 217 g/mol. The van der Waals surface area contributed by atoms with Gasteiger partial charge >= 0.3 is 0 Å². The highest BCUT2D eigenvalue weighted by atomic mass is 16.5. The maximum atomic E-state index is 11.4. The van der Waals surface area contributed by atoms with Crippen molar-refractivity contribution in [2.75, 3.05) is 20.3 Å². The Morgan fingerprint density at radius 3 is 2.67 bits per heavy atom. The summed E-state index contributed by atoms with van der Waals surface area (Å²) in [4.78, 5) is 11.4. The van der Waals surface area contributed by atoms with Gasteiger partial charge < -0.3 is 20.3 Å². The Hall–Kier alpha value is -0.650. The molecule has 0 aromatic carbocycles. The number of carbonyl (C=O) groups excluding carboxylic acids is 1. The lowest BCUT2D eigenvalue weighted by molar-refractivity contribution is -0.134. The molecule has 1 aliphatic rings. The summed E-state index contributed by atoms with van der Waals surface area (Å²) in [7, 11) is 1.62. The van der Waals surface area contributed by atoms with Gasteiger partial charge in [-0.05, 0) is 19.3 Å². The Labute approximate surface area is 89.4 Å². The predicted octanol–water partition coefficient (Wildman–Crippen LogP) is -0.585. The van der Waals surface area contributed by atoms with Gasteiger partial charge in [-0.25, -0.2) is 0 Å². The zero-order chi connectivity index (χ0) is 11.3. The molecule has 1 atom stereocenters. The number of methoxy groups -OCH3 is 1. The molecule has 5 heteroatoms. The van der Waals surface area contributed by atoms with E-state index in [1.54, 1.807) is 7.11 Å². The molecule has 3 N–H and O–H groups in total. The van der Waals surface area contributed by atoms with Crippen molar-refractivity contribution in [2.24, 2.45) is 0 Å². The first-order valence-electron chi connectivity index (χ1n) is 5.23. The van der Waals surface area contributed by atoms with Crippen LogP contribution in [0.2, 0.25) is 0 Å². The zero-order valence-electron chi connectivity index (χ0n) is 9.03. The molecule has 15 heavy (non-hydrogen) atoms. The Morgan fingerprint density at radius 2 is 2.27 bits per heavy atom. The molecule has 1 fully saturated rings. The number of ether oxygens (including phenoxy) is 1. The lowest BCUT2D eigenvalue weighted by Crippen LogP contribution is -2.45. The molecule has 1 rings (SSSR count). The van der Waals surface area contributed by atoms with Crippen molar-refractivity contribution in [3.05, 3.63) is 0 Å². The van der Waals surface area contributed by atoms with E-state index in [-0.39, 0.29) is 24.7 Å². The van der Waals surface area contributed by atoms with Crippen LogP contribution in [0.15, 0.2) is 0 Å². The lowest BCUT2D eigenvalue weighted by atomic mass is 9.77. The van der Waals surface area contributed by atoms with Crippen LogP contribution in [0.4, 0.5) is 0 Å². The molecule has 0 saturated heterocycles. The second kappa shape index (κ2) is 5.44. The molecule has 0 bridgehead atoms. The minimum Gasteiger partial charge on any atom is -0.394 e. The summed E-state index contributed by atoms with van der Waals surface area (Å²) in [6.45, 7) is -0.245. The smallest absolute Gasteiger partial charge is 0.222 e. The van der Waals surface area contributed by atoms with Crippen LogP contribution in [-0.4, -0.2) is 48.1 Å². The van der Waals surface area contributed by atoms with Crippen molar-refractivity contribution in [3.63, 3.8) is 0 Å². The molecule has 1 aliphatic carbocycles. The molecule has 0 aromatic heterocycles. The van der Waals surface area contributed by atoms with Crippen molar-refractivity contribution in [3.8, 4) is 0 Å². The Morgan fingerprint density at radius 1 is 1.60 bits per heavy atom. The van der Waals surface area contributed by atoms with Crippen LogP contribution in [0.1, 0.15) is 25.7 Å². The fourth-order valence-electron chi connectivity index (χ4n) is 1.68. The van der Waals surface area contributed by atoms with E-state index in [2.05, 4.69) is 5.32 Å². The van der Waals surface area contributed by atoms with Crippen LogP contribution in [0.5, 0.6) is 0 Å². The van der Waals surface area contributed by atoms with Crippen LogP contribution < -0.4 is 5.32 Å². The van der Waals surface area contributed by atoms with Gasteiger partial charge in [0.15, 0.2) is 0 Å². The third kappa shape index (κ3) is 3.44. The van der Waals surface area contributed by atoms with E-state index in [9.17, 15) is 4.79 Å². The number of aliphatic hydroxyl groups excluding tert-OH is 2. The van der Waals surface area contributed by atoms with Gasteiger partial charge in [-0.3, -0.25) is 4.79 Å². The van der Waals surface area contributed by atoms with Crippen molar-refractivity contribution < 1.29 is 19.7 Å². The Balaban J connectivity index is 2.23. The average Bonchev–Trinajstić information content (AvgIpc) is 2.20. The fraction of sp³-hybridized carbons (Fsp3) is 0.900. The third-order valence-corrected chi connectivity index (χ3v) is 2.93. The average molecular weight is 217 g/mol. The zero-order valence-corrected chi connectivity index (χ0v) is 9.03. The first-order chi connectivity index (χ1) is 7.12. The minimum absolute atomic E-state index is 0.0924. The van der Waals surface area contributed by atoms with Gasteiger partial charge in [-0.1, -0.05) is 0 Å². The normalized spacial score (nSPS) is 20.5. The number of nitrogens with one attached hydrogen (secondary N) is 1. The van der Waals surface area contributed by atoms with Crippen molar-refractivity contribution >= 4 is 5.91 Å². The van der Waals surface area contributed by atoms with Crippen LogP contribution in [0, 0.1) is 0 Å². The van der Waals surface area contributed by atoms with Gasteiger partial charge in [0.1, 0.15) is 0 Å². The van der Waals surface area contributed by atoms with Crippen molar-refractivity contribution in [1.29, 1.82) is 0 Å². The first kappa shape index (κ1) is 12.4. The molecule has 0 aliphatic heterocycles. The Bertz CT molecular complexity index is 210. The molecule has 1 saturated carbocycles. The standard InChI is InChI=1S/C10H19NO4/c1-15-10(3-2-4-10)5-9(14)11-6-8(13)7-12/h8,12-13H,2-7H2,1H3,(H,11,14). The maximum absolute atomic E-state index is 11.4. The number of amides is 1. The van der Waals surface area contributed by atoms with Crippen LogP contribution >= 0.6 is 0 Å². The van der Waals surface area contributed by atoms with Crippen molar-refractivity contribution in [1.82, 2.24) is 5.32 Å². The molecule has 0 radical (unpaired) electrons. The van der Waals surface area contributed by atoms with E-state index in [4.69, 9.17) is 14.9 Å². The fourth-order valence-corrected chi connectivity index (χ4v) is 1.68. The number of rotatable bonds is 6. The van der Waals surface area contributed by atoms with Crippen LogP contribution in [-0.2, 0) is 9.53 Å². The Kier molecular flexibility index (Phi) is 4.50. The van der Waals surface area contributed by atoms with Crippen LogP contribution in [0.25, 0.3) is 0 Å². The minimum atomic E-state index is -0.881. The van der Waals surface area contributed by atoms with Gasteiger partial charge in [0.05, 0.1) is 24.7 Å². The SMILES string of the molecule is COC1(CC(=O)NCC(O)CO)CCC1. The molecule has 88 valence electrons. The van der Waals surface area contributed by atoms with E-state index in [0.717, 1.165) is 19.3 Å². The molecule has 5 nitrogen and oxygen atoms in total. The van der Waals surface area contributed by atoms with E-state index >= 15 is 0 Å². The van der Waals surface area contributed by atoms with E-state index in [1.165, 1.54) is 0 Å². The number of hydrogen-bond donors (Lipinski definition) is 3. The molecular weight excluding hydrogens is 198 g/mol. The molecule has 0 heterocycles. The summed E-state index contributed by atoms with van der Waals surface area (Å²) in [6, 6.07) is 0. The summed E-state index contributed by atoms with van der Waals surface area (Å²) < 4.78 is 5.30. The quantitative estimate of drug-likeness (QED) is 0.556. The maximum Gasteiger partial charge on any atom is 0.222 e. The molecule has 0 spiro atoms. The predicted molar refractivity (Wildman–Crippen MR) is 54.3 cm³/mol. The topological polar surface area (TPSA) is 78.8 Å². The highest BCUT2D eigenvalue weighted by molar-refractivity contribution is 5.77. The van der Waals surface area contributed by atoms with E-state index in [1.807, 2.05) is 0 Å². The summed E-state index contributed by atoms with van der Waals surface area (Å²) >= 11 is 0. The largest absolute Gasteiger partial charge is 0.394 e. The lowest BCUT2D eigenvalue weighted by Gasteiger charge is -2.39. The van der Waals surface area contributed by atoms with E-state index in [0.29, 0.717) is 6.42 Å². The summed E-state index contributed by atoms with van der Waals surface area (Å²) in [5.74, 6) is -0.135. The van der Waals surface area contributed by atoms with E-state index < -0.39 is 6.10 Å². The second-order valence-corrected chi connectivity index (χ2v) is 4.06. The van der Waals surface area contributed by atoms with Gasteiger partial charge in [-0.15, -0.1) is 0 Å². The van der Waals surface area contributed by atoms with Gasteiger partial charge in [0.25, 0.3) is 0 Å². The summed E-state index contributed by atoms with van der Waals surface area (Å²) in [5, 5.41) is 20.2. The number of carbonyl (C=O) groups is 1. The van der Waals surface area contributed by atoms with Crippen LogP contribution in [0.3, 0.4) is 0 Å². The van der Waals surface area contributed by atoms with Crippen molar-refractivity contribution in [2.45, 2.75) is 37.4 Å². The summed E-state index contributed by atoms with van der Waals surface area (Å²) in [5.41, 5.74) is -0.283. The second-order valence-electron chi connectivity index (χ2n) is 4.06. The van der Waals surface area contributed by atoms with Gasteiger partial charge in [0.2, 0.25) is 5.91 Å². The molecular formula is C10H19NO4. The molecule has 1 unspecified atom stereocenters. The highest BCUT2D eigenvalue weighted by Gasteiger charge is 2.38. The number of hydrogen-bond acceptors (Lipinski definition) is 4. The summed E-state index contributed by atoms with van der Waals surface area (Å²) in [6.07, 6.45) is 2.38. The third-order valence-electron chi connectivity index (χ3n) is 2.93. The van der Waals surface area contributed by atoms with Gasteiger partial charge in [-0.2, -0.15) is 0 Å². The highest BCUT2D eigenvalue weighted by Crippen LogP contribution is 2.37. The first-order valence-corrected chi connectivity index (χ1v) is 5.23. The van der Waals surface area contributed by atoms with Gasteiger partial charge in [0, 0.05) is 13.7 Å².